The van der Waals surface area contributed by atoms with E-state index in [1.54, 1.807) is 0 Å². The molecule has 0 aromatic rings. The Kier molecular flexibility index (Phi) is 3.32. The lowest BCUT2D eigenvalue weighted by atomic mass is 10.2. The maximum Gasteiger partial charge on any atom is 0.239 e. The molecular formula is C7H14N2O2. The predicted molar refractivity (Wildman–Crippen MR) is 41.3 cm³/mol. The van der Waals surface area contributed by atoms with Crippen LogP contribution in [0.1, 0.15) is 6.92 Å². The Labute approximate surface area is 66.3 Å². The minimum Gasteiger partial charge on any atom is -0.378 e. The first kappa shape index (κ1) is 8.49. The Hall–Kier alpha value is -0.610. The van der Waals surface area contributed by atoms with E-state index in [4.69, 9.17) is 4.74 Å². The molecule has 0 bridgehead atoms. The van der Waals surface area contributed by atoms with Crippen molar-refractivity contribution in [1.82, 2.24) is 10.6 Å². The van der Waals surface area contributed by atoms with Crippen LogP contribution >= 0.6 is 0 Å². The molecule has 0 unspecified atom stereocenters. The summed E-state index contributed by atoms with van der Waals surface area (Å²) >= 11 is 0. The fraction of sp³-hybridized carbons (Fsp3) is 0.857. The first-order valence-electron chi connectivity index (χ1n) is 3.93. The van der Waals surface area contributed by atoms with Crippen LogP contribution in [0.3, 0.4) is 0 Å². The molecule has 0 radical (unpaired) electrons. The Morgan fingerprint density at radius 2 is 2.64 bits per heavy atom. The molecule has 2 N–H and O–H groups in total. The topological polar surface area (TPSA) is 50.4 Å². The molecule has 11 heavy (non-hydrogen) atoms. The Morgan fingerprint density at radius 1 is 1.82 bits per heavy atom. The van der Waals surface area contributed by atoms with Crippen LogP contribution in [0.15, 0.2) is 0 Å². The average Bonchev–Trinajstić information content (AvgIpc) is 2.07. The smallest absolute Gasteiger partial charge is 0.239 e. The van der Waals surface area contributed by atoms with Crippen molar-refractivity contribution in [1.29, 1.82) is 0 Å². The third kappa shape index (κ3) is 2.48. The molecule has 4 heteroatoms. The van der Waals surface area contributed by atoms with E-state index in [9.17, 15) is 4.79 Å². The lowest BCUT2D eigenvalue weighted by molar-refractivity contribution is -0.125. The summed E-state index contributed by atoms with van der Waals surface area (Å²) in [5.74, 6) is 0.0344. The van der Waals surface area contributed by atoms with Gasteiger partial charge < -0.3 is 15.4 Å². The highest BCUT2D eigenvalue weighted by Crippen LogP contribution is 1.91. The molecule has 1 amide bonds. The van der Waals surface area contributed by atoms with Crippen LogP contribution in [-0.4, -0.2) is 38.3 Å². The number of hydrogen-bond donors (Lipinski definition) is 2. The SMILES string of the molecule is CCNC(=O)[C@@H]1COCCN1. The predicted octanol–water partition coefficient (Wildman–Crippen LogP) is -0.889. The minimum atomic E-state index is -0.149. The van der Waals surface area contributed by atoms with E-state index in [-0.39, 0.29) is 11.9 Å². The van der Waals surface area contributed by atoms with Gasteiger partial charge in [-0.1, -0.05) is 0 Å². The molecule has 0 spiro atoms. The number of rotatable bonds is 2. The van der Waals surface area contributed by atoms with Gasteiger partial charge in [0.05, 0.1) is 13.2 Å². The highest BCUT2D eigenvalue weighted by molar-refractivity contribution is 5.81. The zero-order valence-corrected chi connectivity index (χ0v) is 6.72. The summed E-state index contributed by atoms with van der Waals surface area (Å²) in [6.07, 6.45) is 0. The molecule has 0 saturated carbocycles. The van der Waals surface area contributed by atoms with Crippen LogP contribution in [0, 0.1) is 0 Å². The monoisotopic (exact) mass is 158 g/mol. The summed E-state index contributed by atoms with van der Waals surface area (Å²) in [5.41, 5.74) is 0. The highest BCUT2D eigenvalue weighted by Gasteiger charge is 2.19. The van der Waals surface area contributed by atoms with Gasteiger partial charge in [0.25, 0.3) is 0 Å². The lowest BCUT2D eigenvalue weighted by Crippen LogP contribution is -2.51. The van der Waals surface area contributed by atoms with Gasteiger partial charge in [-0.3, -0.25) is 4.79 Å². The summed E-state index contributed by atoms with van der Waals surface area (Å²) in [4.78, 5) is 11.1. The number of hydrogen-bond acceptors (Lipinski definition) is 3. The second kappa shape index (κ2) is 4.31. The van der Waals surface area contributed by atoms with Crippen molar-refractivity contribution in [2.75, 3.05) is 26.3 Å². The molecule has 0 aromatic heterocycles. The summed E-state index contributed by atoms with van der Waals surface area (Å²) in [6, 6.07) is -0.149. The second-order valence-electron chi connectivity index (χ2n) is 2.48. The van der Waals surface area contributed by atoms with Gasteiger partial charge in [-0.15, -0.1) is 0 Å². The second-order valence-corrected chi connectivity index (χ2v) is 2.48. The average molecular weight is 158 g/mol. The van der Waals surface area contributed by atoms with Crippen LogP contribution < -0.4 is 10.6 Å². The number of morpholine rings is 1. The van der Waals surface area contributed by atoms with E-state index in [1.807, 2.05) is 6.92 Å². The quantitative estimate of drug-likeness (QED) is 0.548. The lowest BCUT2D eigenvalue weighted by Gasteiger charge is -2.22. The molecule has 64 valence electrons. The van der Waals surface area contributed by atoms with Crippen molar-refractivity contribution in [2.45, 2.75) is 13.0 Å². The van der Waals surface area contributed by atoms with Gasteiger partial charge in [-0.05, 0) is 6.92 Å². The van der Waals surface area contributed by atoms with Gasteiger partial charge in [0.15, 0.2) is 0 Å². The van der Waals surface area contributed by atoms with Gasteiger partial charge in [0, 0.05) is 13.1 Å². The number of nitrogens with one attached hydrogen (secondary N) is 2. The molecule has 1 aliphatic heterocycles. The number of likely N-dealkylation sites (N-methyl/N-ethyl adjacent to an activating group) is 1. The molecule has 1 heterocycles. The Bertz CT molecular complexity index is 132. The van der Waals surface area contributed by atoms with E-state index in [0.29, 0.717) is 19.8 Å². The highest BCUT2D eigenvalue weighted by atomic mass is 16.5. The van der Waals surface area contributed by atoms with E-state index >= 15 is 0 Å². The standard InChI is InChI=1S/C7H14N2O2/c1-2-8-7(10)6-5-11-4-3-9-6/h6,9H,2-5H2,1H3,(H,8,10)/t6-/m0/s1. The van der Waals surface area contributed by atoms with Crippen molar-refractivity contribution < 1.29 is 9.53 Å². The molecule has 1 aliphatic rings. The number of amides is 1. The number of carbonyl (C=O) groups excluding carboxylic acids is 1. The summed E-state index contributed by atoms with van der Waals surface area (Å²) in [5, 5.41) is 5.80. The number of ether oxygens (including phenoxy) is 1. The molecule has 1 fully saturated rings. The fourth-order valence-electron chi connectivity index (χ4n) is 1.03. The Morgan fingerprint density at radius 3 is 3.18 bits per heavy atom. The van der Waals surface area contributed by atoms with Crippen molar-refractivity contribution in [3.8, 4) is 0 Å². The molecule has 1 saturated heterocycles. The zero-order valence-electron chi connectivity index (χ0n) is 6.72. The molecular weight excluding hydrogens is 144 g/mol. The first-order valence-corrected chi connectivity index (χ1v) is 3.93. The first-order chi connectivity index (χ1) is 5.34. The Balaban J connectivity index is 2.27. The van der Waals surface area contributed by atoms with Gasteiger partial charge in [0.2, 0.25) is 5.91 Å². The minimum absolute atomic E-state index is 0.0344. The van der Waals surface area contributed by atoms with Crippen molar-refractivity contribution in [3.63, 3.8) is 0 Å². The molecule has 1 atom stereocenters. The molecule has 0 aliphatic carbocycles. The third-order valence-electron chi connectivity index (χ3n) is 1.59. The van der Waals surface area contributed by atoms with E-state index < -0.39 is 0 Å². The van der Waals surface area contributed by atoms with Gasteiger partial charge in [0.1, 0.15) is 6.04 Å². The van der Waals surface area contributed by atoms with Crippen LogP contribution in [0.25, 0.3) is 0 Å². The number of carbonyl (C=O) groups is 1. The van der Waals surface area contributed by atoms with E-state index in [2.05, 4.69) is 10.6 Å². The summed E-state index contributed by atoms with van der Waals surface area (Å²) in [7, 11) is 0. The van der Waals surface area contributed by atoms with E-state index in [1.165, 1.54) is 0 Å². The van der Waals surface area contributed by atoms with Gasteiger partial charge >= 0.3 is 0 Å². The summed E-state index contributed by atoms with van der Waals surface area (Å²) < 4.78 is 5.13. The van der Waals surface area contributed by atoms with Crippen LogP contribution in [-0.2, 0) is 9.53 Å². The van der Waals surface area contributed by atoms with Crippen LogP contribution in [0.4, 0.5) is 0 Å². The largest absolute Gasteiger partial charge is 0.378 e. The van der Waals surface area contributed by atoms with E-state index in [0.717, 1.165) is 6.54 Å². The molecule has 1 rings (SSSR count). The van der Waals surface area contributed by atoms with Crippen molar-refractivity contribution in [3.05, 3.63) is 0 Å². The molecule has 0 aromatic carbocycles. The zero-order chi connectivity index (χ0) is 8.10. The third-order valence-corrected chi connectivity index (χ3v) is 1.59. The van der Waals surface area contributed by atoms with Crippen molar-refractivity contribution >= 4 is 5.91 Å². The molecule has 4 nitrogen and oxygen atoms in total. The maximum atomic E-state index is 11.1. The van der Waals surface area contributed by atoms with Gasteiger partial charge in [-0.25, -0.2) is 0 Å². The maximum absolute atomic E-state index is 11.1. The normalized spacial score (nSPS) is 24.6. The fourth-order valence-corrected chi connectivity index (χ4v) is 1.03. The van der Waals surface area contributed by atoms with Crippen molar-refractivity contribution in [2.24, 2.45) is 0 Å². The summed E-state index contributed by atoms with van der Waals surface area (Å²) in [6.45, 7) is 4.54. The van der Waals surface area contributed by atoms with Crippen LogP contribution in [0.5, 0.6) is 0 Å². The van der Waals surface area contributed by atoms with Crippen LogP contribution in [0.2, 0.25) is 0 Å². The van der Waals surface area contributed by atoms with Gasteiger partial charge in [-0.2, -0.15) is 0 Å².